The first-order chi connectivity index (χ1) is 16.7. The van der Waals surface area contributed by atoms with Crippen LogP contribution in [0.1, 0.15) is 13.8 Å². The molecule has 0 bridgehead atoms. The van der Waals surface area contributed by atoms with Crippen LogP contribution in [-0.4, -0.2) is 26.2 Å². The van der Waals surface area contributed by atoms with Crippen molar-refractivity contribution in [1.29, 1.82) is 0 Å². The van der Waals surface area contributed by atoms with E-state index in [0.29, 0.717) is 34.0 Å². The van der Waals surface area contributed by atoms with Crippen molar-refractivity contribution in [3.63, 3.8) is 0 Å². The number of carbonyl (C=O) groups is 2. The van der Waals surface area contributed by atoms with Crippen molar-refractivity contribution in [3.05, 3.63) is 72.8 Å². The Bertz CT molecular complexity index is 1490. The molecule has 3 aromatic carbocycles. The summed E-state index contributed by atoms with van der Waals surface area (Å²) in [5.74, 6) is 0.407. The van der Waals surface area contributed by atoms with Gasteiger partial charge in [-0.15, -0.1) is 0 Å². The molecule has 0 atom stereocenters. The van der Waals surface area contributed by atoms with Crippen LogP contribution >= 0.6 is 0 Å². The summed E-state index contributed by atoms with van der Waals surface area (Å²) in [4.78, 5) is 23.8. The Morgan fingerprint density at radius 2 is 1.26 bits per heavy atom. The second-order valence-corrected chi connectivity index (χ2v) is 7.96. The van der Waals surface area contributed by atoms with Gasteiger partial charge in [0.2, 0.25) is 5.75 Å². The summed E-state index contributed by atoms with van der Waals surface area (Å²) in [6.07, 6.45) is 0. The van der Waals surface area contributed by atoms with E-state index in [1.54, 1.807) is 45.2 Å². The zero-order valence-electron chi connectivity index (χ0n) is 19.9. The lowest BCUT2D eigenvalue weighted by Gasteiger charge is -2.10. The molecule has 0 aliphatic heterocycles. The minimum atomic E-state index is -0.559. The summed E-state index contributed by atoms with van der Waals surface area (Å²) in [7, 11) is 3.04. The van der Waals surface area contributed by atoms with E-state index in [1.165, 1.54) is 7.11 Å². The molecule has 1 heterocycles. The molecule has 0 aliphatic carbocycles. The zero-order chi connectivity index (χ0) is 25.3. The van der Waals surface area contributed by atoms with Gasteiger partial charge in [-0.05, 0) is 55.8 Å². The van der Waals surface area contributed by atoms with E-state index in [4.69, 9.17) is 23.4 Å². The lowest BCUT2D eigenvalue weighted by Crippen LogP contribution is -2.09. The molecule has 0 N–H and O–H groups in total. The Labute approximate surface area is 202 Å². The lowest BCUT2D eigenvalue weighted by atomic mass is 10.0. The van der Waals surface area contributed by atoms with Gasteiger partial charge in [-0.3, -0.25) is 0 Å². The third-order valence-corrected chi connectivity index (χ3v) is 5.37. The Morgan fingerprint density at radius 3 is 1.83 bits per heavy atom. The minimum absolute atomic E-state index is 0.228. The molecule has 0 fully saturated rings. The maximum Gasteiger partial charge on any atom is 0.338 e. The van der Waals surface area contributed by atoms with Gasteiger partial charge in [-0.1, -0.05) is 25.3 Å². The van der Waals surface area contributed by atoms with E-state index in [9.17, 15) is 9.59 Å². The van der Waals surface area contributed by atoms with Crippen molar-refractivity contribution in [2.24, 2.45) is 0 Å². The van der Waals surface area contributed by atoms with Crippen molar-refractivity contribution in [1.82, 2.24) is 0 Å². The van der Waals surface area contributed by atoms with E-state index in [-0.39, 0.29) is 11.3 Å². The Balaban J connectivity index is 1.81. The molecule has 0 unspecified atom stereocenters. The van der Waals surface area contributed by atoms with Gasteiger partial charge in [0.05, 0.1) is 14.2 Å². The molecule has 0 aliphatic rings. The number of carbonyl (C=O) groups excluding carboxylic acids is 2. The number of benzene rings is 3. The standard InChI is InChI=1S/C28H24O7/c1-15(2)27(29)33-18-9-7-17(8-10-18)19-11-12-20-21-13-14-22(34-28(30)16(3)4)26(32-6)25(21)35-24(20)23(19)31-5/h7-14H,1,3H2,2,4-6H3. The second-order valence-electron chi connectivity index (χ2n) is 7.96. The number of rotatable bonds is 7. The molecule has 7 nitrogen and oxygen atoms in total. The van der Waals surface area contributed by atoms with Gasteiger partial charge in [0.1, 0.15) is 5.75 Å². The van der Waals surface area contributed by atoms with E-state index >= 15 is 0 Å². The van der Waals surface area contributed by atoms with Crippen LogP contribution in [0, 0.1) is 0 Å². The summed E-state index contributed by atoms with van der Waals surface area (Å²) in [5.41, 5.74) is 3.14. The van der Waals surface area contributed by atoms with Crippen molar-refractivity contribution in [3.8, 4) is 34.1 Å². The number of furan rings is 1. The van der Waals surface area contributed by atoms with Crippen LogP contribution < -0.4 is 18.9 Å². The van der Waals surface area contributed by atoms with Gasteiger partial charge in [-0.25, -0.2) is 9.59 Å². The first-order valence-electron chi connectivity index (χ1n) is 10.7. The SMILES string of the molecule is C=C(C)C(=O)Oc1ccc(-c2ccc3c(oc4c(OC)c(OC(=O)C(=C)C)ccc43)c2OC)cc1. The lowest BCUT2D eigenvalue weighted by molar-refractivity contribution is -0.131. The third kappa shape index (κ3) is 4.36. The largest absolute Gasteiger partial charge is 0.492 e. The average molecular weight is 472 g/mol. The van der Waals surface area contributed by atoms with Gasteiger partial charge >= 0.3 is 11.9 Å². The quantitative estimate of drug-likeness (QED) is 0.179. The van der Waals surface area contributed by atoms with Crippen molar-refractivity contribution in [2.45, 2.75) is 13.8 Å². The predicted molar refractivity (Wildman–Crippen MR) is 133 cm³/mol. The normalized spacial score (nSPS) is 10.7. The second kappa shape index (κ2) is 9.38. The van der Waals surface area contributed by atoms with Crippen molar-refractivity contribution in [2.75, 3.05) is 14.2 Å². The molecule has 35 heavy (non-hydrogen) atoms. The maximum absolute atomic E-state index is 12.0. The van der Waals surface area contributed by atoms with Crippen LogP contribution in [-0.2, 0) is 9.59 Å². The predicted octanol–water partition coefficient (Wildman–Crippen LogP) is 6.23. The Morgan fingerprint density at radius 1 is 0.714 bits per heavy atom. The number of methoxy groups -OCH3 is 2. The third-order valence-electron chi connectivity index (χ3n) is 5.37. The van der Waals surface area contributed by atoms with E-state index in [2.05, 4.69) is 13.2 Å². The molecule has 7 heteroatoms. The molecule has 0 saturated carbocycles. The summed E-state index contributed by atoms with van der Waals surface area (Å²) < 4.78 is 28.1. The van der Waals surface area contributed by atoms with E-state index in [1.807, 2.05) is 24.3 Å². The van der Waals surface area contributed by atoms with Gasteiger partial charge in [0.15, 0.2) is 22.7 Å². The van der Waals surface area contributed by atoms with Crippen LogP contribution in [0.3, 0.4) is 0 Å². The first-order valence-corrected chi connectivity index (χ1v) is 10.7. The number of hydrogen-bond acceptors (Lipinski definition) is 7. The highest BCUT2D eigenvalue weighted by Gasteiger charge is 2.22. The maximum atomic E-state index is 12.0. The molecule has 0 saturated heterocycles. The summed E-state index contributed by atoms with van der Waals surface area (Å²) in [6, 6.07) is 14.3. The van der Waals surface area contributed by atoms with Gasteiger partial charge < -0.3 is 23.4 Å². The molecule has 1 aromatic heterocycles. The van der Waals surface area contributed by atoms with Gasteiger partial charge in [-0.2, -0.15) is 0 Å². The van der Waals surface area contributed by atoms with Crippen LogP contribution in [0.25, 0.3) is 33.1 Å². The molecule has 4 rings (SSSR count). The Hall–Kier alpha value is -4.52. The summed E-state index contributed by atoms with van der Waals surface area (Å²) >= 11 is 0. The van der Waals surface area contributed by atoms with Crippen LogP contribution in [0.15, 0.2) is 77.3 Å². The fraction of sp³-hybridized carbons (Fsp3) is 0.143. The number of hydrogen-bond donors (Lipinski definition) is 0. The molecule has 4 aromatic rings. The zero-order valence-corrected chi connectivity index (χ0v) is 19.9. The molecule has 0 spiro atoms. The highest BCUT2D eigenvalue weighted by Crippen LogP contribution is 2.46. The van der Waals surface area contributed by atoms with Crippen molar-refractivity contribution >= 4 is 33.9 Å². The van der Waals surface area contributed by atoms with E-state index < -0.39 is 11.9 Å². The molecule has 0 radical (unpaired) electrons. The van der Waals surface area contributed by atoms with Crippen LogP contribution in [0.4, 0.5) is 0 Å². The summed E-state index contributed by atoms with van der Waals surface area (Å²) in [5, 5.41) is 1.59. The monoisotopic (exact) mass is 472 g/mol. The van der Waals surface area contributed by atoms with Crippen LogP contribution in [0.5, 0.6) is 23.0 Å². The number of ether oxygens (including phenoxy) is 4. The van der Waals surface area contributed by atoms with E-state index in [0.717, 1.165) is 21.9 Å². The molecule has 0 amide bonds. The molecule has 178 valence electrons. The number of fused-ring (bicyclic) bond motifs is 3. The highest BCUT2D eigenvalue weighted by atomic mass is 16.6. The molecular formula is C28H24O7. The highest BCUT2D eigenvalue weighted by molar-refractivity contribution is 6.11. The number of esters is 2. The van der Waals surface area contributed by atoms with Crippen molar-refractivity contribution < 1.29 is 33.0 Å². The van der Waals surface area contributed by atoms with Crippen LogP contribution in [0.2, 0.25) is 0 Å². The fourth-order valence-electron chi connectivity index (χ4n) is 3.62. The average Bonchev–Trinajstić information content (AvgIpc) is 3.22. The van der Waals surface area contributed by atoms with Gasteiger partial charge in [0.25, 0.3) is 0 Å². The minimum Gasteiger partial charge on any atom is -0.492 e. The topological polar surface area (TPSA) is 84.2 Å². The summed E-state index contributed by atoms with van der Waals surface area (Å²) in [6.45, 7) is 10.4. The smallest absolute Gasteiger partial charge is 0.338 e. The molecular weight excluding hydrogens is 448 g/mol. The van der Waals surface area contributed by atoms with Gasteiger partial charge in [0, 0.05) is 27.5 Å². The fourth-order valence-corrected chi connectivity index (χ4v) is 3.62. The first kappa shape index (κ1) is 23.6. The Kier molecular flexibility index (Phi) is 6.34.